The smallest absolute Gasteiger partial charge is 0.191 e. The highest BCUT2D eigenvalue weighted by molar-refractivity contribution is 7.09. The molecule has 1 fully saturated rings. The van der Waals surface area contributed by atoms with Crippen LogP contribution in [0, 0.1) is 5.92 Å². The van der Waals surface area contributed by atoms with E-state index in [2.05, 4.69) is 62.9 Å². The molecule has 0 aliphatic carbocycles. The van der Waals surface area contributed by atoms with Gasteiger partial charge < -0.3 is 20.3 Å². The molecule has 1 aromatic heterocycles. The average molecular weight is 402 g/mol. The number of aromatic nitrogens is 1. The van der Waals surface area contributed by atoms with E-state index in [4.69, 9.17) is 4.74 Å². The Morgan fingerprint density at radius 3 is 2.96 bits per heavy atom. The van der Waals surface area contributed by atoms with Gasteiger partial charge in [-0.15, -0.1) is 11.3 Å². The maximum atomic E-state index is 5.35. The summed E-state index contributed by atoms with van der Waals surface area (Å²) in [5.41, 5.74) is 2.39. The number of hydrogen-bond acceptors (Lipinski definition) is 5. The second-order valence-electron chi connectivity index (χ2n) is 7.43. The van der Waals surface area contributed by atoms with Gasteiger partial charge in [-0.05, 0) is 30.4 Å². The SMILES string of the molecule is CN=C(NCc1nc(C(C)C)cs1)NCC1CCN(c2cccc(OC)c2)C1. The van der Waals surface area contributed by atoms with Crippen LogP contribution in [0.3, 0.4) is 0 Å². The zero-order valence-corrected chi connectivity index (χ0v) is 18.1. The number of rotatable bonds is 7. The maximum Gasteiger partial charge on any atom is 0.191 e. The minimum Gasteiger partial charge on any atom is -0.497 e. The lowest BCUT2D eigenvalue weighted by Crippen LogP contribution is -2.39. The van der Waals surface area contributed by atoms with Crippen molar-refractivity contribution in [2.24, 2.45) is 10.9 Å². The molecule has 152 valence electrons. The first kappa shape index (κ1) is 20.5. The molecule has 2 N–H and O–H groups in total. The molecule has 3 rings (SSSR count). The molecule has 0 amide bonds. The Hall–Kier alpha value is -2.28. The topological polar surface area (TPSA) is 61.8 Å². The molecule has 2 aromatic rings. The van der Waals surface area contributed by atoms with E-state index in [0.717, 1.165) is 42.0 Å². The first-order valence-corrected chi connectivity index (χ1v) is 10.7. The van der Waals surface area contributed by atoms with E-state index in [1.165, 1.54) is 12.1 Å². The number of guanidine groups is 1. The third-order valence-corrected chi connectivity index (χ3v) is 5.92. The van der Waals surface area contributed by atoms with E-state index >= 15 is 0 Å². The highest BCUT2D eigenvalue weighted by atomic mass is 32.1. The third kappa shape index (κ3) is 5.38. The number of anilines is 1. The summed E-state index contributed by atoms with van der Waals surface area (Å²) in [5, 5.41) is 10.1. The van der Waals surface area contributed by atoms with Gasteiger partial charge in [0.05, 0.1) is 19.3 Å². The van der Waals surface area contributed by atoms with Crippen LogP contribution in [0.4, 0.5) is 5.69 Å². The quantitative estimate of drug-likeness (QED) is 0.549. The van der Waals surface area contributed by atoms with E-state index in [0.29, 0.717) is 18.4 Å². The second-order valence-corrected chi connectivity index (χ2v) is 8.37. The Balaban J connectivity index is 1.45. The van der Waals surface area contributed by atoms with Crippen LogP contribution in [-0.4, -0.2) is 44.7 Å². The van der Waals surface area contributed by atoms with Crippen molar-refractivity contribution in [2.75, 3.05) is 38.7 Å². The summed E-state index contributed by atoms with van der Waals surface area (Å²) < 4.78 is 5.35. The van der Waals surface area contributed by atoms with Crippen molar-refractivity contribution >= 4 is 23.0 Å². The van der Waals surface area contributed by atoms with Crippen LogP contribution < -0.4 is 20.3 Å². The largest absolute Gasteiger partial charge is 0.497 e. The lowest BCUT2D eigenvalue weighted by Gasteiger charge is -2.20. The fraction of sp³-hybridized carbons (Fsp3) is 0.524. The van der Waals surface area contributed by atoms with Crippen LogP contribution in [0.1, 0.15) is 36.9 Å². The Labute approximate surface area is 172 Å². The molecular formula is C21H31N5OS. The summed E-state index contributed by atoms with van der Waals surface area (Å²) in [6.07, 6.45) is 1.17. The lowest BCUT2D eigenvalue weighted by molar-refractivity contribution is 0.415. The van der Waals surface area contributed by atoms with Crippen LogP contribution in [0.25, 0.3) is 0 Å². The minimum atomic E-state index is 0.470. The van der Waals surface area contributed by atoms with E-state index in [1.807, 2.05) is 13.1 Å². The van der Waals surface area contributed by atoms with Crippen molar-refractivity contribution in [1.29, 1.82) is 0 Å². The summed E-state index contributed by atoms with van der Waals surface area (Å²) in [6, 6.07) is 8.30. The van der Waals surface area contributed by atoms with Crippen molar-refractivity contribution in [2.45, 2.75) is 32.7 Å². The van der Waals surface area contributed by atoms with Gasteiger partial charge in [-0.1, -0.05) is 19.9 Å². The maximum absolute atomic E-state index is 5.35. The van der Waals surface area contributed by atoms with Crippen LogP contribution >= 0.6 is 11.3 Å². The molecule has 1 aliphatic rings. The summed E-state index contributed by atoms with van der Waals surface area (Å²) >= 11 is 1.70. The molecule has 28 heavy (non-hydrogen) atoms. The zero-order valence-electron chi connectivity index (χ0n) is 17.2. The van der Waals surface area contributed by atoms with Crippen molar-refractivity contribution in [3.8, 4) is 5.75 Å². The monoisotopic (exact) mass is 401 g/mol. The van der Waals surface area contributed by atoms with Gasteiger partial charge in [-0.3, -0.25) is 4.99 Å². The van der Waals surface area contributed by atoms with Gasteiger partial charge in [0.25, 0.3) is 0 Å². The van der Waals surface area contributed by atoms with Crippen molar-refractivity contribution in [3.63, 3.8) is 0 Å². The predicted octanol–water partition coefficient (Wildman–Crippen LogP) is 3.47. The van der Waals surface area contributed by atoms with E-state index in [-0.39, 0.29) is 0 Å². The fourth-order valence-electron chi connectivity index (χ4n) is 3.33. The first-order valence-electron chi connectivity index (χ1n) is 9.87. The van der Waals surface area contributed by atoms with Crippen molar-refractivity contribution in [1.82, 2.24) is 15.6 Å². The summed E-state index contributed by atoms with van der Waals surface area (Å²) in [6.45, 7) is 8.07. The van der Waals surface area contributed by atoms with Crippen molar-refractivity contribution in [3.05, 3.63) is 40.3 Å². The van der Waals surface area contributed by atoms with E-state index in [9.17, 15) is 0 Å². The molecule has 6 nitrogen and oxygen atoms in total. The Kier molecular flexibility index (Phi) is 7.14. The fourth-order valence-corrected chi connectivity index (χ4v) is 4.23. The number of aliphatic imine (C=N–C) groups is 1. The number of thiazole rings is 1. The predicted molar refractivity (Wildman–Crippen MR) is 118 cm³/mol. The van der Waals surface area contributed by atoms with Crippen LogP contribution in [-0.2, 0) is 6.54 Å². The normalized spacial score (nSPS) is 17.2. The molecule has 0 bridgehead atoms. The molecule has 1 aliphatic heterocycles. The van der Waals surface area contributed by atoms with Gasteiger partial charge in [-0.25, -0.2) is 4.98 Å². The van der Waals surface area contributed by atoms with Gasteiger partial charge in [0.1, 0.15) is 10.8 Å². The molecular weight excluding hydrogens is 370 g/mol. The molecule has 1 unspecified atom stereocenters. The highest BCUT2D eigenvalue weighted by Gasteiger charge is 2.23. The standard InChI is InChI=1S/C21H31N5OS/c1-15(2)19-14-28-20(25-19)12-24-21(22-3)23-11-16-8-9-26(13-16)17-6-5-7-18(10-17)27-4/h5-7,10,14-16H,8-9,11-13H2,1-4H3,(H2,22,23,24). The van der Waals surface area contributed by atoms with Gasteiger partial charge in [-0.2, -0.15) is 0 Å². The number of methoxy groups -OCH3 is 1. The van der Waals surface area contributed by atoms with Crippen LogP contribution in [0.15, 0.2) is 34.6 Å². The molecule has 0 spiro atoms. The molecule has 2 heterocycles. The Morgan fingerprint density at radius 1 is 1.39 bits per heavy atom. The van der Waals surface area contributed by atoms with Gasteiger partial charge in [0, 0.05) is 43.8 Å². The summed E-state index contributed by atoms with van der Waals surface area (Å²) in [4.78, 5) is 11.4. The molecule has 0 radical (unpaired) electrons. The van der Waals surface area contributed by atoms with Gasteiger partial charge in [0.15, 0.2) is 5.96 Å². The molecule has 1 saturated heterocycles. The number of hydrogen-bond donors (Lipinski definition) is 2. The van der Waals surface area contributed by atoms with Gasteiger partial charge >= 0.3 is 0 Å². The average Bonchev–Trinajstić information content (AvgIpc) is 3.38. The van der Waals surface area contributed by atoms with E-state index in [1.54, 1.807) is 18.4 Å². The Morgan fingerprint density at radius 2 is 2.25 bits per heavy atom. The highest BCUT2D eigenvalue weighted by Crippen LogP contribution is 2.26. The Bertz CT molecular complexity index is 789. The summed E-state index contributed by atoms with van der Waals surface area (Å²) in [5.74, 6) is 2.81. The molecule has 7 heteroatoms. The lowest BCUT2D eigenvalue weighted by atomic mass is 10.1. The number of nitrogens with zero attached hydrogens (tertiary/aromatic N) is 3. The summed E-state index contributed by atoms with van der Waals surface area (Å²) in [7, 11) is 3.53. The number of ether oxygens (including phenoxy) is 1. The third-order valence-electron chi connectivity index (χ3n) is 5.05. The number of benzene rings is 1. The van der Waals surface area contributed by atoms with Gasteiger partial charge in [0.2, 0.25) is 0 Å². The second kappa shape index (κ2) is 9.78. The van der Waals surface area contributed by atoms with Crippen molar-refractivity contribution < 1.29 is 4.74 Å². The zero-order chi connectivity index (χ0) is 19.9. The van der Waals surface area contributed by atoms with Crippen LogP contribution in [0.5, 0.6) is 5.75 Å². The minimum absolute atomic E-state index is 0.470. The number of nitrogens with one attached hydrogen (secondary N) is 2. The molecule has 1 atom stereocenters. The molecule has 0 saturated carbocycles. The molecule has 1 aromatic carbocycles. The van der Waals surface area contributed by atoms with Crippen LogP contribution in [0.2, 0.25) is 0 Å². The van der Waals surface area contributed by atoms with E-state index < -0.39 is 0 Å². The first-order chi connectivity index (χ1) is 13.6.